The van der Waals surface area contributed by atoms with Gasteiger partial charge in [0.25, 0.3) is 0 Å². The van der Waals surface area contributed by atoms with Crippen LogP contribution in [0.5, 0.6) is 0 Å². The lowest BCUT2D eigenvalue weighted by molar-refractivity contribution is -0.139. The number of benzene rings is 2. The van der Waals surface area contributed by atoms with Crippen LogP contribution < -0.4 is 5.32 Å². The van der Waals surface area contributed by atoms with Crippen LogP contribution in [-0.4, -0.2) is 35.2 Å². The molecule has 0 aliphatic rings. The van der Waals surface area contributed by atoms with E-state index in [9.17, 15) is 9.59 Å². The molecule has 0 aromatic heterocycles. The highest BCUT2D eigenvalue weighted by atomic mass is 32.1. The first-order chi connectivity index (χ1) is 11.6. The fourth-order valence-corrected chi connectivity index (χ4v) is 2.79. The number of hydrogen-bond acceptors (Lipinski definition) is 4. The highest BCUT2D eigenvalue weighted by Gasteiger charge is 2.17. The van der Waals surface area contributed by atoms with E-state index in [-0.39, 0.29) is 12.2 Å². The molecule has 2 aromatic rings. The van der Waals surface area contributed by atoms with Gasteiger partial charge >= 0.3 is 5.97 Å². The zero-order chi connectivity index (χ0) is 17.4. The molecule has 0 saturated heterocycles. The number of hydrogen-bond donors (Lipinski definition) is 3. The second-order valence-electron chi connectivity index (χ2n) is 5.44. The molecule has 0 heterocycles. The molecular formula is C19H21NO3S. The highest BCUT2D eigenvalue weighted by molar-refractivity contribution is 7.80. The molecule has 0 spiro atoms. The van der Waals surface area contributed by atoms with Crippen molar-refractivity contribution in [3.63, 3.8) is 0 Å². The molecule has 0 unspecified atom stereocenters. The predicted molar refractivity (Wildman–Crippen MR) is 98.7 cm³/mol. The van der Waals surface area contributed by atoms with Gasteiger partial charge in [-0.3, -0.25) is 9.59 Å². The summed E-state index contributed by atoms with van der Waals surface area (Å²) in [5, 5.41) is 12.0. The first kappa shape index (κ1) is 18.2. The standard InChI is InChI=1S/C19H21NO3S/c21-18(10-12-20-17(11-13-24)19(22)23)16-9-5-4-8-15(16)14-6-2-1-3-7-14/h1-9,17,20,24H,10-13H2,(H,22,23)/t17-/m0/s1. The van der Waals surface area contributed by atoms with Gasteiger partial charge in [0.2, 0.25) is 0 Å². The van der Waals surface area contributed by atoms with Crippen molar-refractivity contribution in [2.24, 2.45) is 0 Å². The van der Waals surface area contributed by atoms with Gasteiger partial charge in [-0.15, -0.1) is 0 Å². The van der Waals surface area contributed by atoms with Gasteiger partial charge in [0, 0.05) is 18.5 Å². The van der Waals surface area contributed by atoms with E-state index in [0.29, 0.717) is 24.3 Å². The SMILES string of the molecule is O=C(CCN[C@@H](CCS)C(=O)O)c1ccccc1-c1ccccc1. The van der Waals surface area contributed by atoms with Crippen LogP contribution in [0.3, 0.4) is 0 Å². The van der Waals surface area contributed by atoms with E-state index in [1.165, 1.54) is 0 Å². The minimum Gasteiger partial charge on any atom is -0.480 e. The molecule has 0 amide bonds. The van der Waals surface area contributed by atoms with E-state index in [1.807, 2.05) is 54.6 Å². The average molecular weight is 343 g/mol. The van der Waals surface area contributed by atoms with Crippen molar-refractivity contribution in [3.8, 4) is 11.1 Å². The van der Waals surface area contributed by atoms with Gasteiger partial charge in [-0.25, -0.2) is 0 Å². The summed E-state index contributed by atoms with van der Waals surface area (Å²) in [6, 6.07) is 16.6. The van der Waals surface area contributed by atoms with E-state index >= 15 is 0 Å². The average Bonchev–Trinajstić information content (AvgIpc) is 2.61. The lowest BCUT2D eigenvalue weighted by Gasteiger charge is -2.13. The second kappa shape index (κ2) is 9.25. The Hall–Kier alpha value is -2.11. The smallest absolute Gasteiger partial charge is 0.320 e. The molecule has 2 N–H and O–H groups in total. The molecule has 0 bridgehead atoms. The fourth-order valence-electron chi connectivity index (χ4n) is 2.53. The Labute approximate surface area is 147 Å². The molecule has 0 radical (unpaired) electrons. The van der Waals surface area contributed by atoms with Crippen LogP contribution in [0.2, 0.25) is 0 Å². The van der Waals surface area contributed by atoms with E-state index in [0.717, 1.165) is 11.1 Å². The Bertz CT molecular complexity index is 688. The van der Waals surface area contributed by atoms with Crippen LogP contribution in [0.1, 0.15) is 23.2 Å². The van der Waals surface area contributed by atoms with Crippen LogP contribution >= 0.6 is 12.6 Å². The van der Waals surface area contributed by atoms with Gasteiger partial charge in [-0.2, -0.15) is 12.6 Å². The number of rotatable bonds is 9. The van der Waals surface area contributed by atoms with Crippen LogP contribution in [0.15, 0.2) is 54.6 Å². The minimum atomic E-state index is -0.916. The van der Waals surface area contributed by atoms with Crippen molar-refractivity contribution in [2.75, 3.05) is 12.3 Å². The second-order valence-corrected chi connectivity index (χ2v) is 5.89. The van der Waals surface area contributed by atoms with Gasteiger partial charge in [-0.05, 0) is 23.3 Å². The van der Waals surface area contributed by atoms with Crippen molar-refractivity contribution < 1.29 is 14.7 Å². The first-order valence-electron chi connectivity index (χ1n) is 7.88. The van der Waals surface area contributed by atoms with Gasteiger partial charge in [0.05, 0.1) is 0 Å². The predicted octanol–water partition coefficient (Wildman–Crippen LogP) is 3.29. The van der Waals surface area contributed by atoms with Gasteiger partial charge in [-0.1, -0.05) is 54.6 Å². The number of ketones is 1. The maximum absolute atomic E-state index is 12.5. The molecule has 2 rings (SSSR count). The van der Waals surface area contributed by atoms with Crippen molar-refractivity contribution in [1.82, 2.24) is 5.32 Å². The third-order valence-electron chi connectivity index (χ3n) is 3.77. The summed E-state index contributed by atoms with van der Waals surface area (Å²) in [4.78, 5) is 23.6. The first-order valence-corrected chi connectivity index (χ1v) is 8.51. The zero-order valence-electron chi connectivity index (χ0n) is 13.3. The largest absolute Gasteiger partial charge is 0.480 e. The summed E-state index contributed by atoms with van der Waals surface area (Å²) in [5.41, 5.74) is 2.55. The lowest BCUT2D eigenvalue weighted by atomic mass is 9.96. The van der Waals surface area contributed by atoms with Crippen molar-refractivity contribution in [3.05, 3.63) is 60.2 Å². The van der Waals surface area contributed by atoms with E-state index in [1.54, 1.807) is 0 Å². The number of carbonyl (C=O) groups is 2. The summed E-state index contributed by atoms with van der Waals surface area (Å²) in [6.07, 6.45) is 0.674. The summed E-state index contributed by atoms with van der Waals surface area (Å²) in [6.45, 7) is 0.326. The molecule has 0 saturated carbocycles. The molecule has 5 heteroatoms. The Kier molecular flexibility index (Phi) is 7.03. The van der Waals surface area contributed by atoms with Gasteiger partial charge in [0.15, 0.2) is 5.78 Å². The number of carboxylic acids is 1. The Morgan fingerprint density at radius 3 is 2.38 bits per heavy atom. The van der Waals surface area contributed by atoms with Crippen molar-refractivity contribution in [2.45, 2.75) is 18.9 Å². The number of nitrogens with one attached hydrogen (secondary N) is 1. The Balaban J connectivity index is 2.04. The van der Waals surface area contributed by atoms with E-state index < -0.39 is 12.0 Å². The lowest BCUT2D eigenvalue weighted by Crippen LogP contribution is -2.38. The quantitative estimate of drug-likeness (QED) is 0.483. The number of Topliss-reactive ketones (excluding diaryl/α,β-unsaturated/α-hetero) is 1. The molecule has 0 aliphatic carbocycles. The van der Waals surface area contributed by atoms with Gasteiger partial charge in [0.1, 0.15) is 6.04 Å². The number of carbonyl (C=O) groups excluding carboxylic acids is 1. The molecular weight excluding hydrogens is 322 g/mol. The molecule has 2 aromatic carbocycles. The number of thiol groups is 1. The summed E-state index contributed by atoms with van der Waals surface area (Å²) >= 11 is 4.06. The minimum absolute atomic E-state index is 0.00281. The normalized spacial score (nSPS) is 11.9. The topological polar surface area (TPSA) is 66.4 Å². The van der Waals surface area contributed by atoms with E-state index in [4.69, 9.17) is 5.11 Å². The summed E-state index contributed by atoms with van der Waals surface area (Å²) in [7, 11) is 0. The third kappa shape index (κ3) is 4.94. The highest BCUT2D eigenvalue weighted by Crippen LogP contribution is 2.24. The number of carboxylic acid groups (broad SMARTS) is 1. The molecule has 126 valence electrons. The van der Waals surface area contributed by atoms with Crippen LogP contribution in [0.4, 0.5) is 0 Å². The Morgan fingerprint density at radius 2 is 1.71 bits per heavy atom. The molecule has 4 nitrogen and oxygen atoms in total. The molecule has 1 atom stereocenters. The summed E-state index contributed by atoms with van der Waals surface area (Å²) in [5.74, 6) is -0.437. The Morgan fingerprint density at radius 1 is 1.04 bits per heavy atom. The van der Waals surface area contributed by atoms with Crippen molar-refractivity contribution in [1.29, 1.82) is 0 Å². The maximum atomic E-state index is 12.5. The van der Waals surface area contributed by atoms with Crippen molar-refractivity contribution >= 4 is 24.4 Å². The van der Waals surface area contributed by atoms with Crippen LogP contribution in [0, 0.1) is 0 Å². The molecule has 24 heavy (non-hydrogen) atoms. The monoisotopic (exact) mass is 343 g/mol. The fraction of sp³-hybridized carbons (Fsp3) is 0.263. The zero-order valence-corrected chi connectivity index (χ0v) is 14.2. The molecule has 0 fully saturated rings. The van der Waals surface area contributed by atoms with Crippen LogP contribution in [0.25, 0.3) is 11.1 Å². The summed E-state index contributed by atoms with van der Waals surface area (Å²) < 4.78 is 0. The number of aliphatic carboxylic acids is 1. The maximum Gasteiger partial charge on any atom is 0.320 e. The molecule has 0 aliphatic heterocycles. The van der Waals surface area contributed by atoms with E-state index in [2.05, 4.69) is 17.9 Å². The third-order valence-corrected chi connectivity index (χ3v) is 4.03. The van der Waals surface area contributed by atoms with Crippen LogP contribution in [-0.2, 0) is 4.79 Å². The van der Waals surface area contributed by atoms with Gasteiger partial charge < -0.3 is 10.4 Å².